The minimum Gasteiger partial charge on any atom is -0.480 e. The zero-order valence-corrected chi connectivity index (χ0v) is 11.8. The van der Waals surface area contributed by atoms with Crippen molar-refractivity contribution in [3.8, 4) is 10.6 Å². The maximum Gasteiger partial charge on any atom is 0.320 e. The van der Waals surface area contributed by atoms with Crippen LogP contribution in [0.1, 0.15) is 18.5 Å². The molecule has 2 N–H and O–H groups in total. The molecule has 0 amide bonds. The third-order valence-electron chi connectivity index (χ3n) is 3.18. The van der Waals surface area contributed by atoms with Gasteiger partial charge in [-0.05, 0) is 30.2 Å². The van der Waals surface area contributed by atoms with Gasteiger partial charge in [0, 0.05) is 22.9 Å². The van der Waals surface area contributed by atoms with Gasteiger partial charge in [-0.3, -0.25) is 10.1 Å². The molecule has 0 saturated heterocycles. The highest BCUT2D eigenvalue weighted by Crippen LogP contribution is 2.33. The fraction of sp³-hybridized carbons (Fsp3) is 0.385. The lowest BCUT2D eigenvalue weighted by Crippen LogP contribution is -2.38. The summed E-state index contributed by atoms with van der Waals surface area (Å²) in [7, 11) is 0. The lowest BCUT2D eigenvalue weighted by molar-refractivity contribution is -0.140. The molecule has 0 spiro atoms. The molecule has 1 unspecified atom stereocenters. The van der Waals surface area contributed by atoms with Crippen molar-refractivity contribution in [1.29, 1.82) is 0 Å². The van der Waals surface area contributed by atoms with Gasteiger partial charge in [-0.15, -0.1) is 11.3 Å². The molecule has 1 fully saturated rings. The third kappa shape index (κ3) is 3.02. The van der Waals surface area contributed by atoms with Crippen LogP contribution in [0, 0.1) is 5.92 Å². The van der Waals surface area contributed by atoms with E-state index in [1.54, 1.807) is 22.7 Å². The van der Waals surface area contributed by atoms with Crippen molar-refractivity contribution in [1.82, 2.24) is 10.3 Å². The van der Waals surface area contributed by atoms with Gasteiger partial charge in [-0.25, -0.2) is 4.98 Å². The number of hydrogen-bond donors (Lipinski definition) is 2. The van der Waals surface area contributed by atoms with E-state index in [4.69, 9.17) is 5.11 Å². The van der Waals surface area contributed by atoms with Gasteiger partial charge in [-0.1, -0.05) is 0 Å². The predicted molar refractivity (Wildman–Crippen MR) is 76.4 cm³/mol. The van der Waals surface area contributed by atoms with Gasteiger partial charge in [0.15, 0.2) is 0 Å². The van der Waals surface area contributed by atoms with E-state index in [0.717, 1.165) is 29.1 Å². The number of aliphatic carboxylic acids is 1. The first-order valence-electron chi connectivity index (χ1n) is 6.17. The number of aromatic nitrogens is 1. The Morgan fingerprint density at radius 1 is 1.53 bits per heavy atom. The topological polar surface area (TPSA) is 62.2 Å². The molecule has 1 aliphatic carbocycles. The second-order valence-corrected chi connectivity index (χ2v) is 6.33. The summed E-state index contributed by atoms with van der Waals surface area (Å²) >= 11 is 3.25. The first-order valence-corrected chi connectivity index (χ1v) is 7.99. The Labute approximate surface area is 119 Å². The molecule has 6 heteroatoms. The molecule has 0 aliphatic heterocycles. The fourth-order valence-electron chi connectivity index (χ4n) is 2.01. The van der Waals surface area contributed by atoms with E-state index in [9.17, 15) is 4.79 Å². The predicted octanol–water partition coefficient (Wildman–Crippen LogP) is 2.82. The maximum atomic E-state index is 11.1. The SMILES string of the molecule is O=C(O)C(NCc1csc(-c2ccsc2)n1)C1CC1. The van der Waals surface area contributed by atoms with Gasteiger partial charge in [0.25, 0.3) is 0 Å². The monoisotopic (exact) mass is 294 g/mol. The molecule has 1 aliphatic rings. The van der Waals surface area contributed by atoms with Gasteiger partial charge in [0.2, 0.25) is 0 Å². The minimum absolute atomic E-state index is 0.299. The van der Waals surface area contributed by atoms with E-state index in [1.165, 1.54) is 0 Å². The van der Waals surface area contributed by atoms with Crippen LogP contribution in [0.3, 0.4) is 0 Å². The molecule has 3 rings (SSSR count). The number of carboxylic acid groups (broad SMARTS) is 1. The van der Waals surface area contributed by atoms with Gasteiger partial charge in [0.05, 0.1) is 5.69 Å². The van der Waals surface area contributed by atoms with E-state index in [2.05, 4.69) is 15.7 Å². The van der Waals surface area contributed by atoms with Crippen LogP contribution in [-0.4, -0.2) is 22.1 Å². The Kier molecular flexibility index (Phi) is 3.63. The Morgan fingerprint density at radius 3 is 3.00 bits per heavy atom. The molecule has 19 heavy (non-hydrogen) atoms. The van der Waals surface area contributed by atoms with E-state index in [1.807, 2.05) is 16.8 Å². The second kappa shape index (κ2) is 5.40. The number of carboxylic acids is 1. The Hall–Kier alpha value is -1.24. The normalized spacial score (nSPS) is 16.4. The summed E-state index contributed by atoms with van der Waals surface area (Å²) in [6.07, 6.45) is 2.03. The Balaban J connectivity index is 1.62. The maximum absolute atomic E-state index is 11.1. The summed E-state index contributed by atoms with van der Waals surface area (Å²) in [4.78, 5) is 15.6. The molecule has 1 saturated carbocycles. The average Bonchev–Trinajstić information content (AvgIpc) is 2.92. The molecule has 0 radical (unpaired) electrons. The molecule has 0 aromatic carbocycles. The Morgan fingerprint density at radius 2 is 2.37 bits per heavy atom. The number of carbonyl (C=O) groups is 1. The van der Waals surface area contributed by atoms with Crippen LogP contribution < -0.4 is 5.32 Å². The van der Waals surface area contributed by atoms with Crippen LogP contribution in [0.5, 0.6) is 0 Å². The quantitative estimate of drug-likeness (QED) is 0.860. The summed E-state index contributed by atoms with van der Waals surface area (Å²) in [5.41, 5.74) is 2.05. The Bertz CT molecular complexity index is 561. The van der Waals surface area contributed by atoms with E-state index in [0.29, 0.717) is 12.5 Å². The first-order chi connectivity index (χ1) is 9.24. The average molecular weight is 294 g/mol. The van der Waals surface area contributed by atoms with E-state index >= 15 is 0 Å². The lowest BCUT2D eigenvalue weighted by Gasteiger charge is -2.11. The van der Waals surface area contributed by atoms with Gasteiger partial charge in [0.1, 0.15) is 11.0 Å². The number of thiophene rings is 1. The highest BCUT2D eigenvalue weighted by molar-refractivity contribution is 7.14. The number of nitrogens with zero attached hydrogens (tertiary/aromatic N) is 1. The molecule has 4 nitrogen and oxygen atoms in total. The summed E-state index contributed by atoms with van der Waals surface area (Å²) in [5, 5.41) is 19.3. The van der Waals surface area contributed by atoms with Crippen molar-refractivity contribution in [2.45, 2.75) is 25.4 Å². The van der Waals surface area contributed by atoms with Gasteiger partial charge >= 0.3 is 5.97 Å². The first kappa shape index (κ1) is 12.8. The smallest absolute Gasteiger partial charge is 0.320 e. The summed E-state index contributed by atoms with van der Waals surface area (Å²) in [5.74, 6) is -0.455. The van der Waals surface area contributed by atoms with Crippen LogP contribution in [-0.2, 0) is 11.3 Å². The number of rotatable bonds is 6. The van der Waals surface area contributed by atoms with Crippen molar-refractivity contribution >= 4 is 28.6 Å². The number of thiazole rings is 1. The van der Waals surface area contributed by atoms with Crippen molar-refractivity contribution in [3.05, 3.63) is 27.9 Å². The fourth-order valence-corrected chi connectivity index (χ4v) is 3.54. The van der Waals surface area contributed by atoms with Crippen molar-refractivity contribution in [2.75, 3.05) is 0 Å². The molecule has 0 bridgehead atoms. The molecule has 100 valence electrons. The van der Waals surface area contributed by atoms with Crippen LogP contribution in [0.25, 0.3) is 10.6 Å². The van der Waals surface area contributed by atoms with E-state index in [-0.39, 0.29) is 0 Å². The standard InChI is InChI=1S/C13H14N2O2S2/c16-13(17)11(8-1-2-8)14-5-10-7-19-12(15-10)9-3-4-18-6-9/h3-4,6-8,11,14H,1-2,5H2,(H,16,17). The summed E-state index contributed by atoms with van der Waals surface area (Å²) in [6, 6.07) is 1.62. The third-order valence-corrected chi connectivity index (χ3v) is 4.81. The van der Waals surface area contributed by atoms with Crippen LogP contribution in [0.2, 0.25) is 0 Å². The van der Waals surface area contributed by atoms with Gasteiger partial charge < -0.3 is 5.11 Å². The summed E-state index contributed by atoms with van der Waals surface area (Å²) in [6.45, 7) is 0.522. The van der Waals surface area contributed by atoms with Crippen LogP contribution >= 0.6 is 22.7 Å². The van der Waals surface area contributed by atoms with Gasteiger partial charge in [-0.2, -0.15) is 11.3 Å². The van der Waals surface area contributed by atoms with Crippen molar-refractivity contribution in [2.24, 2.45) is 5.92 Å². The minimum atomic E-state index is -0.754. The second-order valence-electron chi connectivity index (χ2n) is 4.69. The van der Waals surface area contributed by atoms with Crippen molar-refractivity contribution < 1.29 is 9.90 Å². The highest BCUT2D eigenvalue weighted by atomic mass is 32.1. The van der Waals surface area contributed by atoms with E-state index < -0.39 is 12.0 Å². The lowest BCUT2D eigenvalue weighted by atomic mass is 10.2. The molecular weight excluding hydrogens is 280 g/mol. The number of nitrogens with one attached hydrogen (secondary N) is 1. The molecule has 2 aromatic heterocycles. The van der Waals surface area contributed by atoms with Crippen molar-refractivity contribution in [3.63, 3.8) is 0 Å². The molecule has 2 heterocycles. The number of hydrogen-bond acceptors (Lipinski definition) is 5. The van der Waals surface area contributed by atoms with Crippen LogP contribution in [0.4, 0.5) is 0 Å². The summed E-state index contributed by atoms with van der Waals surface area (Å²) < 4.78 is 0. The molecular formula is C13H14N2O2S2. The highest BCUT2D eigenvalue weighted by Gasteiger charge is 2.35. The zero-order chi connectivity index (χ0) is 13.2. The molecule has 2 aromatic rings. The largest absolute Gasteiger partial charge is 0.480 e. The van der Waals surface area contributed by atoms with Crippen LogP contribution in [0.15, 0.2) is 22.2 Å². The molecule has 1 atom stereocenters. The zero-order valence-electron chi connectivity index (χ0n) is 10.2.